The van der Waals surface area contributed by atoms with Crippen LogP contribution in [0.25, 0.3) is 44.3 Å². The second-order valence-electron chi connectivity index (χ2n) is 13.7. The van der Waals surface area contributed by atoms with E-state index in [1.807, 2.05) is 29.1 Å². The van der Waals surface area contributed by atoms with Gasteiger partial charge in [0.15, 0.2) is 0 Å². The molecule has 2 heterocycles. The maximum atomic E-state index is 5.15. The fourth-order valence-corrected chi connectivity index (χ4v) is 7.70. The van der Waals surface area contributed by atoms with E-state index < -0.39 is 0 Å². The summed E-state index contributed by atoms with van der Waals surface area (Å²) in [7, 11) is 0. The molecule has 0 aliphatic heterocycles. The highest BCUT2D eigenvalue weighted by molar-refractivity contribution is 7.00. The first-order valence-electron chi connectivity index (χ1n) is 18.2. The van der Waals surface area contributed by atoms with Gasteiger partial charge in [0.25, 0.3) is 11.7 Å². The third kappa shape index (κ3) is 6.27. The van der Waals surface area contributed by atoms with E-state index in [4.69, 9.17) is 18.9 Å². The standard InChI is InChI=1S/C46H37N7S/c1-32(2)31-51-47-43-41(33-23-27-39(28-24-33)52(35-15-7-3-8-16-35)36-17-9-4-10-18-36)45-46(50-54-49-45)42(44(43)48-51)34-25-29-40(30-26-34)53(37-19-11-5-12-20-37)38-21-13-6-14-22-38/h3-30,32H,31H2,1-2H3. The Balaban J connectivity index is 1.17. The molecule has 0 saturated heterocycles. The van der Waals surface area contributed by atoms with Crippen molar-refractivity contribution in [2.24, 2.45) is 5.92 Å². The van der Waals surface area contributed by atoms with Gasteiger partial charge in [-0.1, -0.05) is 111 Å². The summed E-state index contributed by atoms with van der Waals surface area (Å²) in [5.74, 6) is 0.373. The average molecular weight is 720 g/mol. The molecule has 0 fully saturated rings. The largest absolute Gasteiger partial charge is 0.311 e. The Morgan fingerprint density at radius 2 is 0.852 bits per heavy atom. The third-order valence-corrected chi connectivity index (χ3v) is 10.0. The summed E-state index contributed by atoms with van der Waals surface area (Å²) in [5, 5.41) is 10.3. The van der Waals surface area contributed by atoms with Gasteiger partial charge in [0.2, 0.25) is 0 Å². The highest BCUT2D eigenvalue weighted by Crippen LogP contribution is 2.43. The fourth-order valence-electron chi connectivity index (χ4n) is 7.14. The van der Waals surface area contributed by atoms with Crippen LogP contribution >= 0.6 is 11.7 Å². The number of nitrogens with zero attached hydrogens (tertiary/aromatic N) is 7. The number of hydrogen-bond acceptors (Lipinski definition) is 5. The minimum Gasteiger partial charge on any atom is -0.311 e. The van der Waals surface area contributed by atoms with Crippen LogP contribution in [0, 0.1) is 5.92 Å². The zero-order valence-electron chi connectivity index (χ0n) is 30.0. The second kappa shape index (κ2) is 14.4. The lowest BCUT2D eigenvalue weighted by Crippen LogP contribution is -2.09. The van der Waals surface area contributed by atoms with Crippen LogP contribution in [-0.4, -0.2) is 19.4 Å². The number of aromatic nitrogens is 5. The summed E-state index contributed by atoms with van der Waals surface area (Å²) in [6.45, 7) is 5.07. The molecule has 7 aromatic carbocycles. The van der Waals surface area contributed by atoms with Crippen molar-refractivity contribution in [1.82, 2.24) is 23.7 Å². The van der Waals surface area contributed by atoms with Crippen LogP contribution in [0.2, 0.25) is 0 Å². The van der Waals surface area contributed by atoms with Gasteiger partial charge < -0.3 is 9.80 Å². The van der Waals surface area contributed by atoms with E-state index in [1.54, 1.807) is 0 Å². The summed E-state index contributed by atoms with van der Waals surface area (Å²) < 4.78 is 9.83. The van der Waals surface area contributed by atoms with Crippen LogP contribution in [0.5, 0.6) is 0 Å². The molecular formula is C46H37N7S. The van der Waals surface area contributed by atoms with Crippen LogP contribution < -0.4 is 14.2 Å². The van der Waals surface area contributed by atoms with Gasteiger partial charge in [0.05, 0.1) is 6.54 Å². The summed E-state index contributed by atoms with van der Waals surface area (Å²) in [6, 6.07) is 59.1. The first-order valence-corrected chi connectivity index (χ1v) is 18.9. The van der Waals surface area contributed by atoms with Crippen LogP contribution in [0.1, 0.15) is 13.8 Å². The van der Waals surface area contributed by atoms with E-state index >= 15 is 0 Å². The van der Waals surface area contributed by atoms with Gasteiger partial charge in [-0.15, -0.1) is 0 Å². The Morgan fingerprint density at radius 1 is 0.481 bits per heavy atom. The molecule has 0 bridgehead atoms. The van der Waals surface area contributed by atoms with Crippen LogP contribution in [-0.2, 0) is 6.54 Å². The average Bonchev–Trinajstić information content (AvgIpc) is 3.87. The monoisotopic (exact) mass is 719 g/mol. The molecule has 9 aromatic rings. The SMILES string of the molecule is CC(C)Cn1nc2c(-c3ccc(N(c4ccccc4)c4ccccc4)cc3)c3n[s+][n-]c3c(-c3ccc(N(c4ccccc4)c4ccccc4)cc3)c2n1. The molecule has 0 amide bonds. The molecule has 54 heavy (non-hydrogen) atoms. The maximum absolute atomic E-state index is 5.15. The summed E-state index contributed by atoms with van der Waals surface area (Å²) in [6.07, 6.45) is 0. The number of rotatable bonds is 10. The van der Waals surface area contributed by atoms with Crippen LogP contribution in [0.3, 0.4) is 0 Å². The molecule has 0 aliphatic carbocycles. The molecule has 0 spiro atoms. The molecule has 0 saturated carbocycles. The van der Waals surface area contributed by atoms with Gasteiger partial charge in [0, 0.05) is 56.3 Å². The Labute approximate surface area is 318 Å². The quantitative estimate of drug-likeness (QED) is 0.131. The number of benzene rings is 7. The lowest BCUT2D eigenvalue weighted by molar-refractivity contribution is 0.442. The Bertz CT molecular complexity index is 2380. The minimum absolute atomic E-state index is 0.373. The van der Waals surface area contributed by atoms with E-state index in [1.165, 1.54) is 11.7 Å². The Kier molecular flexibility index (Phi) is 8.86. The summed E-state index contributed by atoms with van der Waals surface area (Å²) in [4.78, 5) is 6.37. The second-order valence-corrected chi connectivity index (χ2v) is 14.2. The molecule has 7 nitrogen and oxygen atoms in total. The topological polar surface area (TPSA) is 64.2 Å². The molecule has 0 aliphatic rings. The van der Waals surface area contributed by atoms with Crippen molar-refractivity contribution in [3.8, 4) is 22.3 Å². The lowest BCUT2D eigenvalue weighted by Gasteiger charge is -2.25. The predicted molar refractivity (Wildman–Crippen MR) is 224 cm³/mol. The first kappa shape index (κ1) is 33.2. The van der Waals surface area contributed by atoms with Gasteiger partial charge in [-0.25, -0.2) is 0 Å². The van der Waals surface area contributed by atoms with Gasteiger partial charge >= 0.3 is 0 Å². The van der Waals surface area contributed by atoms with E-state index in [0.29, 0.717) is 12.5 Å². The minimum atomic E-state index is 0.373. The Hall–Kier alpha value is -6.64. The van der Waals surface area contributed by atoms with Crippen LogP contribution in [0.4, 0.5) is 34.1 Å². The molecule has 0 radical (unpaired) electrons. The molecule has 262 valence electrons. The maximum Gasteiger partial charge on any atom is 0.279 e. The smallest absolute Gasteiger partial charge is 0.279 e. The number of para-hydroxylation sites is 4. The molecule has 8 heteroatoms. The fraction of sp³-hybridized carbons (Fsp3) is 0.0870. The van der Waals surface area contributed by atoms with Crippen molar-refractivity contribution in [2.75, 3.05) is 9.80 Å². The van der Waals surface area contributed by atoms with E-state index in [-0.39, 0.29) is 0 Å². The number of hydrogen-bond donors (Lipinski definition) is 0. The lowest BCUT2D eigenvalue weighted by atomic mass is 9.95. The third-order valence-electron chi connectivity index (χ3n) is 9.51. The van der Waals surface area contributed by atoms with Crippen molar-refractivity contribution in [3.05, 3.63) is 170 Å². The van der Waals surface area contributed by atoms with Crippen molar-refractivity contribution in [3.63, 3.8) is 0 Å². The van der Waals surface area contributed by atoms with Crippen molar-refractivity contribution < 1.29 is 0 Å². The molecule has 0 atom stereocenters. The van der Waals surface area contributed by atoms with Crippen molar-refractivity contribution >= 4 is 67.9 Å². The molecule has 9 rings (SSSR count). The highest BCUT2D eigenvalue weighted by Gasteiger charge is 2.23. The van der Waals surface area contributed by atoms with Crippen molar-refractivity contribution in [1.29, 1.82) is 0 Å². The van der Waals surface area contributed by atoms with Gasteiger partial charge in [-0.2, -0.15) is 23.7 Å². The van der Waals surface area contributed by atoms with Gasteiger partial charge in [-0.05, 0) is 89.8 Å². The molecular weight excluding hydrogens is 683 g/mol. The highest BCUT2D eigenvalue weighted by atomic mass is 32.1. The zero-order chi connectivity index (χ0) is 36.4. The van der Waals surface area contributed by atoms with Crippen LogP contribution in [0.15, 0.2) is 170 Å². The Morgan fingerprint density at radius 3 is 1.26 bits per heavy atom. The first-order chi connectivity index (χ1) is 26.6. The molecule has 0 N–H and O–H groups in total. The molecule has 2 aromatic heterocycles. The van der Waals surface area contributed by atoms with E-state index in [9.17, 15) is 0 Å². The summed E-state index contributed by atoms with van der Waals surface area (Å²) in [5.41, 5.74) is 13.7. The van der Waals surface area contributed by atoms with Crippen molar-refractivity contribution in [2.45, 2.75) is 20.4 Å². The van der Waals surface area contributed by atoms with E-state index in [0.717, 1.165) is 78.4 Å². The van der Waals surface area contributed by atoms with Gasteiger partial charge in [0.1, 0.15) is 11.0 Å². The number of anilines is 6. The van der Waals surface area contributed by atoms with E-state index in [2.05, 4.69) is 169 Å². The summed E-state index contributed by atoms with van der Waals surface area (Å²) >= 11 is 1.23. The van der Waals surface area contributed by atoms with Gasteiger partial charge in [-0.3, -0.25) is 0 Å². The predicted octanol–water partition coefficient (Wildman–Crippen LogP) is 12.2. The zero-order valence-corrected chi connectivity index (χ0v) is 30.8. The molecule has 0 unspecified atom stereocenters. The number of fused-ring (bicyclic) bond motifs is 2. The normalized spacial score (nSPS) is 11.4.